The number of hydrogen-bond acceptors (Lipinski definition) is 3. The summed E-state index contributed by atoms with van der Waals surface area (Å²) >= 11 is 0. The van der Waals surface area contributed by atoms with E-state index in [4.69, 9.17) is 4.74 Å². The van der Waals surface area contributed by atoms with E-state index in [-0.39, 0.29) is 35.4 Å². The highest BCUT2D eigenvalue weighted by Gasteiger charge is 2.43. The Morgan fingerprint density at radius 1 is 0.967 bits per heavy atom. The average molecular weight is 435 g/mol. The predicted octanol–water partition coefficient (Wildman–Crippen LogP) is 5.35. The fraction of sp³-hybridized carbons (Fsp3) is 0.263. The third kappa shape index (κ3) is 5.65. The van der Waals surface area contributed by atoms with Crippen LogP contribution in [0.5, 0.6) is 5.75 Å². The molecule has 0 radical (unpaired) electrons. The zero-order chi connectivity index (χ0) is 22.7. The van der Waals surface area contributed by atoms with Crippen LogP contribution in [0.15, 0.2) is 36.4 Å². The Morgan fingerprint density at radius 3 is 2.13 bits per heavy atom. The van der Waals surface area contributed by atoms with Crippen molar-refractivity contribution in [2.45, 2.75) is 32.3 Å². The van der Waals surface area contributed by atoms with Gasteiger partial charge >= 0.3 is 18.3 Å². The number of amides is 1. The van der Waals surface area contributed by atoms with Crippen molar-refractivity contribution in [3.05, 3.63) is 58.7 Å². The topological polar surface area (TPSA) is 75.6 Å². The third-order valence-corrected chi connectivity index (χ3v) is 3.92. The largest absolute Gasteiger partial charge is 0.489 e. The molecular formula is C19H15F6NO4. The van der Waals surface area contributed by atoms with Crippen LogP contribution < -0.4 is 10.1 Å². The number of rotatable bonds is 6. The summed E-state index contributed by atoms with van der Waals surface area (Å²) in [7, 11) is 0. The van der Waals surface area contributed by atoms with Gasteiger partial charge in [-0.2, -0.15) is 26.3 Å². The highest BCUT2D eigenvalue weighted by atomic mass is 19.4. The molecule has 0 spiro atoms. The van der Waals surface area contributed by atoms with Crippen molar-refractivity contribution in [3.63, 3.8) is 0 Å². The van der Waals surface area contributed by atoms with Crippen molar-refractivity contribution >= 4 is 17.6 Å². The van der Waals surface area contributed by atoms with Crippen molar-refractivity contribution in [2.24, 2.45) is 0 Å². The quantitative estimate of drug-likeness (QED) is 0.600. The molecule has 2 aromatic rings. The summed E-state index contributed by atoms with van der Waals surface area (Å²) in [6, 6.07) is 5.03. The van der Waals surface area contributed by atoms with Crippen LogP contribution in [0, 0.1) is 0 Å². The Bertz CT molecular complexity index is 953. The van der Waals surface area contributed by atoms with Crippen LogP contribution in [0.3, 0.4) is 0 Å². The Hall–Kier alpha value is -3.24. The van der Waals surface area contributed by atoms with Gasteiger partial charge < -0.3 is 15.2 Å². The van der Waals surface area contributed by atoms with E-state index in [1.165, 1.54) is 12.1 Å². The molecule has 0 heterocycles. The predicted molar refractivity (Wildman–Crippen MR) is 93.1 cm³/mol. The SMILES string of the molecule is CCC(=O)Nc1ccc(COc2ccc(C(F)(F)F)c(C(F)(F)F)c2)cc1C(=O)O. The number of ether oxygens (including phenoxy) is 1. The van der Waals surface area contributed by atoms with Crippen molar-refractivity contribution in [1.82, 2.24) is 0 Å². The molecule has 0 aliphatic rings. The van der Waals surface area contributed by atoms with Gasteiger partial charge in [0.05, 0.1) is 22.4 Å². The lowest BCUT2D eigenvalue weighted by atomic mass is 10.1. The summed E-state index contributed by atoms with van der Waals surface area (Å²) in [5.74, 6) is -2.27. The molecule has 162 valence electrons. The van der Waals surface area contributed by atoms with Gasteiger partial charge in [0.2, 0.25) is 5.91 Å². The van der Waals surface area contributed by atoms with Gasteiger partial charge in [0.15, 0.2) is 0 Å². The second-order valence-electron chi connectivity index (χ2n) is 6.08. The standard InChI is InChI=1S/C19H15F6NO4/c1-2-16(27)26-15-6-3-10(7-12(15)17(28)29)9-30-11-4-5-13(18(20,21)22)14(8-11)19(23,24)25/h3-8H,2,9H2,1H3,(H,26,27)(H,28,29). The second kappa shape index (κ2) is 8.64. The fourth-order valence-corrected chi connectivity index (χ4v) is 2.47. The normalized spacial score (nSPS) is 11.8. The number of carbonyl (C=O) groups is 2. The van der Waals surface area contributed by atoms with E-state index in [0.29, 0.717) is 0 Å². The molecule has 2 aromatic carbocycles. The molecule has 0 atom stereocenters. The molecule has 30 heavy (non-hydrogen) atoms. The fourth-order valence-electron chi connectivity index (χ4n) is 2.47. The minimum Gasteiger partial charge on any atom is -0.489 e. The third-order valence-electron chi connectivity index (χ3n) is 3.92. The van der Waals surface area contributed by atoms with E-state index in [1.807, 2.05) is 0 Å². The lowest BCUT2D eigenvalue weighted by Crippen LogP contribution is -2.16. The number of benzene rings is 2. The van der Waals surface area contributed by atoms with E-state index in [2.05, 4.69) is 5.32 Å². The van der Waals surface area contributed by atoms with Crippen LogP contribution in [-0.2, 0) is 23.8 Å². The molecule has 0 unspecified atom stereocenters. The van der Waals surface area contributed by atoms with Crippen LogP contribution in [0.2, 0.25) is 0 Å². The lowest BCUT2D eigenvalue weighted by Gasteiger charge is -2.17. The van der Waals surface area contributed by atoms with E-state index in [1.54, 1.807) is 6.92 Å². The first kappa shape index (κ1) is 23.0. The molecule has 0 saturated heterocycles. The van der Waals surface area contributed by atoms with Crippen LogP contribution in [0.4, 0.5) is 32.0 Å². The number of carboxylic acids is 1. The summed E-state index contributed by atoms with van der Waals surface area (Å²) in [6.45, 7) is 1.15. The van der Waals surface area contributed by atoms with Gasteiger partial charge in [0, 0.05) is 6.42 Å². The van der Waals surface area contributed by atoms with Gasteiger partial charge in [0.1, 0.15) is 12.4 Å². The maximum Gasteiger partial charge on any atom is 0.417 e. The molecule has 5 nitrogen and oxygen atoms in total. The van der Waals surface area contributed by atoms with E-state index >= 15 is 0 Å². The number of aromatic carboxylic acids is 1. The lowest BCUT2D eigenvalue weighted by molar-refractivity contribution is -0.162. The zero-order valence-electron chi connectivity index (χ0n) is 15.3. The second-order valence-corrected chi connectivity index (χ2v) is 6.08. The minimum atomic E-state index is -5.25. The van der Waals surface area contributed by atoms with Crippen LogP contribution >= 0.6 is 0 Å². The molecule has 2 N–H and O–H groups in total. The minimum absolute atomic E-state index is 0.0204. The maximum atomic E-state index is 13.0. The summed E-state index contributed by atoms with van der Waals surface area (Å²) < 4.78 is 82.5. The summed E-state index contributed by atoms with van der Waals surface area (Å²) in [5, 5.41) is 11.7. The molecule has 0 saturated carbocycles. The van der Waals surface area contributed by atoms with Gasteiger partial charge in [-0.25, -0.2) is 4.79 Å². The number of carbonyl (C=O) groups excluding carboxylic acids is 1. The Balaban J connectivity index is 2.28. The highest BCUT2D eigenvalue weighted by molar-refractivity contribution is 6.00. The molecule has 0 fully saturated rings. The maximum absolute atomic E-state index is 13.0. The molecule has 2 rings (SSSR count). The molecule has 11 heteroatoms. The van der Waals surface area contributed by atoms with Gasteiger partial charge in [-0.3, -0.25) is 4.79 Å². The van der Waals surface area contributed by atoms with Crippen LogP contribution in [-0.4, -0.2) is 17.0 Å². The van der Waals surface area contributed by atoms with E-state index in [9.17, 15) is 41.0 Å². The number of hydrogen-bond donors (Lipinski definition) is 2. The highest BCUT2D eigenvalue weighted by Crippen LogP contribution is 2.41. The number of nitrogens with one attached hydrogen (secondary N) is 1. The van der Waals surface area contributed by atoms with Crippen molar-refractivity contribution in [1.29, 1.82) is 0 Å². The van der Waals surface area contributed by atoms with Crippen molar-refractivity contribution in [2.75, 3.05) is 5.32 Å². The summed E-state index contributed by atoms with van der Waals surface area (Å²) in [6.07, 6.45) is -10.3. The van der Waals surface area contributed by atoms with Gasteiger partial charge in [-0.1, -0.05) is 13.0 Å². The molecular weight excluding hydrogens is 420 g/mol. The molecule has 0 aromatic heterocycles. The first-order chi connectivity index (χ1) is 13.8. The summed E-state index contributed by atoms with van der Waals surface area (Å²) in [5.41, 5.74) is -3.77. The number of carboxylic acid groups (broad SMARTS) is 1. The van der Waals surface area contributed by atoms with E-state index < -0.39 is 47.7 Å². The van der Waals surface area contributed by atoms with Gasteiger partial charge in [-0.15, -0.1) is 0 Å². The van der Waals surface area contributed by atoms with Gasteiger partial charge in [-0.05, 0) is 35.9 Å². The Morgan fingerprint density at radius 2 is 1.60 bits per heavy atom. The number of anilines is 1. The van der Waals surface area contributed by atoms with Crippen molar-refractivity contribution in [3.8, 4) is 5.75 Å². The molecule has 1 amide bonds. The first-order valence-corrected chi connectivity index (χ1v) is 8.40. The van der Waals surface area contributed by atoms with E-state index in [0.717, 1.165) is 12.1 Å². The molecule has 0 aliphatic heterocycles. The van der Waals surface area contributed by atoms with Crippen molar-refractivity contribution < 1.29 is 45.8 Å². The molecule has 0 bridgehead atoms. The Labute approximate surface area is 166 Å². The van der Waals surface area contributed by atoms with Gasteiger partial charge in [0.25, 0.3) is 0 Å². The number of halogens is 6. The van der Waals surface area contributed by atoms with Crippen LogP contribution in [0.1, 0.15) is 40.4 Å². The Kier molecular flexibility index (Phi) is 6.63. The van der Waals surface area contributed by atoms with Crippen LogP contribution in [0.25, 0.3) is 0 Å². The number of alkyl halides is 6. The monoisotopic (exact) mass is 435 g/mol. The zero-order valence-corrected chi connectivity index (χ0v) is 15.3. The smallest absolute Gasteiger partial charge is 0.417 e. The average Bonchev–Trinajstić information content (AvgIpc) is 2.65. The molecule has 0 aliphatic carbocycles. The first-order valence-electron chi connectivity index (χ1n) is 8.40. The summed E-state index contributed by atoms with van der Waals surface area (Å²) in [4.78, 5) is 22.8.